The zero-order chi connectivity index (χ0) is 14.1. The van der Waals surface area contributed by atoms with Gasteiger partial charge >= 0.3 is 5.97 Å². The number of fused-ring (bicyclic) bond motifs is 1. The number of thiophene rings is 1. The molecule has 0 radical (unpaired) electrons. The lowest BCUT2D eigenvalue weighted by Crippen LogP contribution is -2.00. The quantitative estimate of drug-likeness (QED) is 0.566. The molecule has 3 aromatic rings. The van der Waals surface area contributed by atoms with Crippen molar-refractivity contribution in [1.82, 2.24) is 0 Å². The van der Waals surface area contributed by atoms with Crippen molar-refractivity contribution in [3.63, 3.8) is 0 Å². The molecule has 0 saturated carbocycles. The number of aromatic hydroxyl groups is 1. The van der Waals surface area contributed by atoms with Crippen LogP contribution in [-0.4, -0.2) is 11.1 Å². The molecule has 3 rings (SSSR count). The van der Waals surface area contributed by atoms with E-state index in [2.05, 4.69) is 6.07 Å². The van der Waals surface area contributed by atoms with Gasteiger partial charge in [0.25, 0.3) is 0 Å². The molecule has 0 atom stereocenters. The lowest BCUT2D eigenvalue weighted by Gasteiger charge is -2.02. The van der Waals surface area contributed by atoms with Crippen molar-refractivity contribution in [1.29, 1.82) is 0 Å². The van der Waals surface area contributed by atoms with E-state index in [-0.39, 0.29) is 11.7 Å². The van der Waals surface area contributed by atoms with Crippen molar-refractivity contribution >= 4 is 27.4 Å². The first-order valence-electron chi connectivity index (χ1n) is 6.13. The number of esters is 1. The molecule has 0 aliphatic carbocycles. The third kappa shape index (κ3) is 2.51. The van der Waals surface area contributed by atoms with E-state index in [0.717, 1.165) is 20.5 Å². The molecule has 0 spiro atoms. The van der Waals surface area contributed by atoms with Crippen molar-refractivity contribution in [2.24, 2.45) is 0 Å². The summed E-state index contributed by atoms with van der Waals surface area (Å²) >= 11 is 1.62. The summed E-state index contributed by atoms with van der Waals surface area (Å²) in [5.74, 6) is 0.492. The summed E-state index contributed by atoms with van der Waals surface area (Å²) in [6.45, 7) is 1.38. The minimum absolute atomic E-state index is 0.274. The molecule has 0 amide bonds. The number of ether oxygens (including phenoxy) is 1. The summed E-state index contributed by atoms with van der Waals surface area (Å²) < 4.78 is 6.06. The molecule has 0 unspecified atom stereocenters. The molecular weight excluding hydrogens is 272 g/mol. The Bertz CT molecular complexity index is 772. The Balaban J connectivity index is 1.96. The van der Waals surface area contributed by atoms with Gasteiger partial charge in [-0.15, -0.1) is 11.3 Å². The van der Waals surface area contributed by atoms with Crippen LogP contribution >= 0.6 is 11.3 Å². The summed E-state index contributed by atoms with van der Waals surface area (Å²) in [5, 5.41) is 10.6. The van der Waals surface area contributed by atoms with Crippen LogP contribution in [0.5, 0.6) is 11.5 Å². The summed E-state index contributed by atoms with van der Waals surface area (Å²) in [7, 11) is 0. The highest BCUT2D eigenvalue weighted by Crippen LogP contribution is 2.35. The van der Waals surface area contributed by atoms with Crippen LogP contribution in [0.25, 0.3) is 20.5 Å². The molecule has 0 bridgehead atoms. The van der Waals surface area contributed by atoms with Crippen LogP contribution in [0.1, 0.15) is 6.92 Å². The second kappa shape index (κ2) is 4.98. The number of carbonyl (C=O) groups excluding carboxylic acids is 1. The van der Waals surface area contributed by atoms with Gasteiger partial charge in [0.1, 0.15) is 11.5 Å². The summed E-state index contributed by atoms with van der Waals surface area (Å²) in [4.78, 5) is 12.0. The van der Waals surface area contributed by atoms with Gasteiger partial charge in [0, 0.05) is 16.5 Å². The predicted molar refractivity (Wildman–Crippen MR) is 80.2 cm³/mol. The molecule has 0 aliphatic rings. The molecule has 1 aromatic heterocycles. The fourth-order valence-electron chi connectivity index (χ4n) is 2.02. The van der Waals surface area contributed by atoms with Gasteiger partial charge in [-0.05, 0) is 59.5 Å². The largest absolute Gasteiger partial charge is 0.508 e. The second-order valence-electron chi connectivity index (χ2n) is 4.45. The van der Waals surface area contributed by atoms with E-state index in [0.29, 0.717) is 5.75 Å². The van der Waals surface area contributed by atoms with Crippen molar-refractivity contribution in [3.05, 3.63) is 48.5 Å². The van der Waals surface area contributed by atoms with Gasteiger partial charge in [0.05, 0.1) is 0 Å². The number of phenolic OH excluding ortho intramolecular Hbond substituents is 1. The summed E-state index contributed by atoms with van der Waals surface area (Å²) in [6.07, 6.45) is 0. The third-order valence-electron chi connectivity index (χ3n) is 2.90. The number of carbonyl (C=O) groups is 1. The van der Waals surface area contributed by atoms with Gasteiger partial charge in [-0.25, -0.2) is 0 Å². The number of hydrogen-bond donors (Lipinski definition) is 1. The van der Waals surface area contributed by atoms with Crippen LogP contribution in [-0.2, 0) is 4.79 Å². The van der Waals surface area contributed by atoms with Gasteiger partial charge in [0.15, 0.2) is 0 Å². The standard InChI is InChI=1S/C16H12O3S/c1-10(17)19-14-6-3-11(4-7-14)15-8-12-2-5-13(18)9-16(12)20-15/h2-9,18H,1H3. The second-order valence-corrected chi connectivity index (χ2v) is 5.53. The van der Waals surface area contributed by atoms with Crippen LogP contribution in [0, 0.1) is 0 Å². The average Bonchev–Trinajstić information content (AvgIpc) is 2.81. The maximum Gasteiger partial charge on any atom is 0.308 e. The maximum atomic E-state index is 10.9. The fourth-order valence-corrected chi connectivity index (χ4v) is 3.12. The van der Waals surface area contributed by atoms with Crippen molar-refractivity contribution in [2.45, 2.75) is 6.92 Å². The highest BCUT2D eigenvalue weighted by molar-refractivity contribution is 7.22. The molecule has 0 aliphatic heterocycles. The van der Waals surface area contributed by atoms with Crippen molar-refractivity contribution < 1.29 is 14.6 Å². The molecule has 1 heterocycles. The molecular formula is C16H12O3S. The third-order valence-corrected chi connectivity index (χ3v) is 4.05. The van der Waals surface area contributed by atoms with Gasteiger partial charge in [-0.1, -0.05) is 0 Å². The summed E-state index contributed by atoms with van der Waals surface area (Å²) in [5.41, 5.74) is 1.06. The number of phenols is 1. The SMILES string of the molecule is CC(=O)Oc1ccc(-c2cc3ccc(O)cc3s2)cc1. The molecule has 0 saturated heterocycles. The highest BCUT2D eigenvalue weighted by atomic mass is 32.1. The van der Waals surface area contributed by atoms with Gasteiger partial charge in [-0.2, -0.15) is 0 Å². The molecule has 2 aromatic carbocycles. The first-order valence-corrected chi connectivity index (χ1v) is 6.95. The zero-order valence-electron chi connectivity index (χ0n) is 10.8. The Hall–Kier alpha value is -2.33. The smallest absolute Gasteiger partial charge is 0.308 e. The van der Waals surface area contributed by atoms with Crippen molar-refractivity contribution in [2.75, 3.05) is 0 Å². The van der Waals surface area contributed by atoms with E-state index < -0.39 is 0 Å². The number of hydrogen-bond acceptors (Lipinski definition) is 4. The molecule has 1 N–H and O–H groups in total. The normalized spacial score (nSPS) is 10.7. The minimum Gasteiger partial charge on any atom is -0.508 e. The van der Waals surface area contributed by atoms with E-state index in [9.17, 15) is 9.90 Å². The van der Waals surface area contributed by atoms with E-state index >= 15 is 0 Å². The molecule has 20 heavy (non-hydrogen) atoms. The molecule has 4 heteroatoms. The Kier molecular flexibility index (Phi) is 3.16. The first-order chi connectivity index (χ1) is 9.61. The number of rotatable bonds is 2. The summed E-state index contributed by atoms with van der Waals surface area (Å²) in [6, 6.07) is 14.8. The van der Waals surface area contributed by atoms with Crippen molar-refractivity contribution in [3.8, 4) is 21.9 Å². The Morgan fingerprint density at radius 1 is 1.10 bits per heavy atom. The Morgan fingerprint density at radius 3 is 2.55 bits per heavy atom. The topological polar surface area (TPSA) is 46.5 Å². The fraction of sp³-hybridized carbons (Fsp3) is 0.0625. The lowest BCUT2D eigenvalue weighted by atomic mass is 10.1. The molecule has 3 nitrogen and oxygen atoms in total. The first kappa shape index (κ1) is 12.7. The number of benzene rings is 2. The van der Waals surface area contributed by atoms with Gasteiger partial charge < -0.3 is 9.84 Å². The van der Waals surface area contributed by atoms with E-state index in [4.69, 9.17) is 4.74 Å². The van der Waals surface area contributed by atoms with Crippen LogP contribution in [0.2, 0.25) is 0 Å². The van der Waals surface area contributed by atoms with Crippen LogP contribution in [0.3, 0.4) is 0 Å². The van der Waals surface area contributed by atoms with Gasteiger partial charge in [0.2, 0.25) is 0 Å². The monoisotopic (exact) mass is 284 g/mol. The van der Waals surface area contributed by atoms with Crippen LogP contribution < -0.4 is 4.74 Å². The maximum absolute atomic E-state index is 10.9. The average molecular weight is 284 g/mol. The van der Waals surface area contributed by atoms with E-state index in [1.807, 2.05) is 18.2 Å². The highest BCUT2D eigenvalue weighted by Gasteiger charge is 2.06. The molecule has 0 fully saturated rings. The molecule has 100 valence electrons. The Labute approximate surface area is 120 Å². The minimum atomic E-state index is -0.324. The van der Waals surface area contributed by atoms with Crippen LogP contribution in [0.4, 0.5) is 0 Å². The zero-order valence-corrected chi connectivity index (χ0v) is 11.6. The lowest BCUT2D eigenvalue weighted by molar-refractivity contribution is -0.131. The van der Waals surface area contributed by atoms with E-state index in [1.54, 1.807) is 35.6 Å². The van der Waals surface area contributed by atoms with Gasteiger partial charge in [-0.3, -0.25) is 4.79 Å². The van der Waals surface area contributed by atoms with Crippen LogP contribution in [0.15, 0.2) is 48.5 Å². The van der Waals surface area contributed by atoms with E-state index in [1.165, 1.54) is 6.92 Å². The predicted octanol–water partition coefficient (Wildman–Crippen LogP) is 4.20. The Morgan fingerprint density at radius 2 is 1.85 bits per heavy atom.